The first kappa shape index (κ1) is 23.9. The van der Waals surface area contributed by atoms with E-state index in [1.165, 1.54) is 0 Å². The number of likely N-dealkylation sites (tertiary alicyclic amines) is 1. The van der Waals surface area contributed by atoms with Crippen molar-refractivity contribution in [2.75, 3.05) is 31.6 Å². The van der Waals surface area contributed by atoms with Crippen LogP contribution in [-0.2, 0) is 14.3 Å². The zero-order valence-electron chi connectivity index (χ0n) is 17.3. The third-order valence-corrected chi connectivity index (χ3v) is 5.64. The summed E-state index contributed by atoms with van der Waals surface area (Å²) >= 11 is 12.0. The molecule has 0 aromatic heterocycles. The summed E-state index contributed by atoms with van der Waals surface area (Å²) in [6, 6.07) is 4.67. The van der Waals surface area contributed by atoms with Gasteiger partial charge in [0.05, 0.1) is 22.9 Å². The largest absolute Gasteiger partial charge is 0.379 e. The van der Waals surface area contributed by atoms with Gasteiger partial charge in [-0.15, -0.1) is 0 Å². The first-order valence-corrected chi connectivity index (χ1v) is 10.9. The average molecular weight is 444 g/mol. The summed E-state index contributed by atoms with van der Waals surface area (Å²) in [7, 11) is 0. The van der Waals surface area contributed by atoms with Gasteiger partial charge in [-0.1, -0.05) is 23.2 Å². The Balaban J connectivity index is 1.73. The highest BCUT2D eigenvalue weighted by atomic mass is 35.5. The lowest BCUT2D eigenvalue weighted by molar-refractivity contribution is -0.127. The summed E-state index contributed by atoms with van der Waals surface area (Å²) in [5.41, 5.74) is 0.545. The van der Waals surface area contributed by atoms with Crippen molar-refractivity contribution in [1.82, 2.24) is 10.2 Å². The Morgan fingerprint density at radius 2 is 1.90 bits per heavy atom. The normalized spacial score (nSPS) is 16.6. The van der Waals surface area contributed by atoms with Crippen LogP contribution in [0.1, 0.15) is 40.0 Å². The van der Waals surface area contributed by atoms with E-state index in [-0.39, 0.29) is 29.9 Å². The molecule has 2 rings (SSSR count). The number of piperidine rings is 1. The molecule has 1 aliphatic heterocycles. The molecule has 1 fully saturated rings. The molecular formula is C21H31Cl2N3O3. The summed E-state index contributed by atoms with van der Waals surface area (Å²) in [5, 5.41) is 6.78. The topological polar surface area (TPSA) is 70.7 Å². The quantitative estimate of drug-likeness (QED) is 0.566. The van der Waals surface area contributed by atoms with Crippen LogP contribution in [0.2, 0.25) is 10.0 Å². The van der Waals surface area contributed by atoms with Crippen molar-refractivity contribution >= 4 is 40.7 Å². The van der Waals surface area contributed by atoms with E-state index in [1.54, 1.807) is 18.2 Å². The fourth-order valence-electron chi connectivity index (χ4n) is 3.29. The third kappa shape index (κ3) is 7.78. The number of hydrogen-bond donors (Lipinski definition) is 2. The van der Waals surface area contributed by atoms with Crippen LogP contribution in [0.4, 0.5) is 5.69 Å². The molecule has 1 aromatic rings. The van der Waals surface area contributed by atoms with Gasteiger partial charge < -0.3 is 15.4 Å². The molecule has 0 bridgehead atoms. The Bertz CT molecular complexity index is 692. The number of hydrogen-bond acceptors (Lipinski definition) is 4. The summed E-state index contributed by atoms with van der Waals surface area (Å²) in [4.78, 5) is 27.0. The van der Waals surface area contributed by atoms with Gasteiger partial charge >= 0.3 is 0 Å². The van der Waals surface area contributed by atoms with Crippen LogP contribution in [-0.4, -0.2) is 55.1 Å². The number of carbonyl (C=O) groups is 2. The monoisotopic (exact) mass is 443 g/mol. The molecule has 1 unspecified atom stereocenters. The molecule has 2 N–H and O–H groups in total. The fraction of sp³-hybridized carbons (Fsp3) is 0.619. The lowest BCUT2D eigenvalue weighted by Gasteiger charge is -2.34. The summed E-state index contributed by atoms with van der Waals surface area (Å²) in [6.45, 7) is 8.56. The van der Waals surface area contributed by atoms with E-state index in [1.807, 2.05) is 20.8 Å². The number of nitrogens with zero attached hydrogens (tertiary/aromatic N) is 1. The van der Waals surface area contributed by atoms with Crippen LogP contribution in [0, 0.1) is 5.92 Å². The standard InChI is InChI=1S/C21H31Cl2N3O3/c1-14(2)29-12-4-9-24-21(28)16-7-10-26(11-8-16)15(3)20(27)25-19-6-5-17(22)13-18(19)23/h5-6,13-16H,4,7-12H2,1-3H3,(H,24,28)(H,25,27). The second-order valence-electron chi connectivity index (χ2n) is 7.66. The lowest BCUT2D eigenvalue weighted by Crippen LogP contribution is -2.48. The number of anilines is 1. The van der Waals surface area contributed by atoms with Crippen LogP contribution in [0.15, 0.2) is 18.2 Å². The van der Waals surface area contributed by atoms with Crippen molar-refractivity contribution in [3.05, 3.63) is 28.2 Å². The van der Waals surface area contributed by atoms with E-state index in [4.69, 9.17) is 27.9 Å². The Hall–Kier alpha value is -1.34. The number of carbonyl (C=O) groups excluding carboxylic acids is 2. The predicted molar refractivity (Wildman–Crippen MR) is 118 cm³/mol. The predicted octanol–water partition coefficient (Wildman–Crippen LogP) is 3.96. The second kappa shape index (κ2) is 11.7. The Morgan fingerprint density at radius 3 is 2.52 bits per heavy atom. The molecule has 1 aliphatic rings. The van der Waals surface area contributed by atoms with Crippen LogP contribution in [0.3, 0.4) is 0 Å². The number of amides is 2. The molecule has 1 saturated heterocycles. The van der Waals surface area contributed by atoms with Crippen molar-refractivity contribution in [3.63, 3.8) is 0 Å². The van der Waals surface area contributed by atoms with E-state index < -0.39 is 0 Å². The number of benzene rings is 1. The number of nitrogens with one attached hydrogen (secondary N) is 2. The SMILES string of the molecule is CC(C)OCCCNC(=O)C1CCN(C(C)C(=O)Nc2ccc(Cl)cc2Cl)CC1. The Labute approximate surface area is 183 Å². The van der Waals surface area contributed by atoms with Crippen molar-refractivity contribution in [2.24, 2.45) is 5.92 Å². The molecule has 0 aliphatic carbocycles. The van der Waals surface area contributed by atoms with E-state index in [0.29, 0.717) is 42.0 Å². The van der Waals surface area contributed by atoms with Gasteiger partial charge in [0.15, 0.2) is 0 Å². The molecule has 6 nitrogen and oxygen atoms in total. The molecular weight excluding hydrogens is 413 g/mol. The number of ether oxygens (including phenoxy) is 1. The molecule has 8 heteroatoms. The van der Waals surface area contributed by atoms with Crippen molar-refractivity contribution in [3.8, 4) is 0 Å². The Kier molecular flexibility index (Phi) is 9.69. The smallest absolute Gasteiger partial charge is 0.241 e. The van der Waals surface area contributed by atoms with Gasteiger partial charge in [-0.3, -0.25) is 14.5 Å². The lowest BCUT2D eigenvalue weighted by atomic mass is 9.95. The van der Waals surface area contributed by atoms with Gasteiger partial charge in [0, 0.05) is 24.1 Å². The highest BCUT2D eigenvalue weighted by Crippen LogP contribution is 2.26. The fourth-order valence-corrected chi connectivity index (χ4v) is 3.75. The van der Waals surface area contributed by atoms with Gasteiger partial charge in [0.1, 0.15) is 0 Å². The highest BCUT2D eigenvalue weighted by Gasteiger charge is 2.29. The number of rotatable bonds is 9. The molecule has 0 spiro atoms. The first-order valence-electron chi connectivity index (χ1n) is 10.2. The Morgan fingerprint density at radius 1 is 1.21 bits per heavy atom. The van der Waals surface area contributed by atoms with Crippen molar-refractivity contribution < 1.29 is 14.3 Å². The van der Waals surface area contributed by atoms with Gasteiger partial charge in [-0.25, -0.2) is 0 Å². The molecule has 1 atom stereocenters. The van der Waals surface area contributed by atoms with Gasteiger partial charge in [-0.05, 0) is 71.3 Å². The highest BCUT2D eigenvalue weighted by molar-refractivity contribution is 6.36. The molecule has 162 valence electrons. The maximum absolute atomic E-state index is 12.6. The van der Waals surface area contributed by atoms with Gasteiger partial charge in [0.2, 0.25) is 11.8 Å². The van der Waals surface area contributed by atoms with E-state index in [9.17, 15) is 9.59 Å². The van der Waals surface area contributed by atoms with E-state index >= 15 is 0 Å². The first-order chi connectivity index (χ1) is 13.8. The van der Waals surface area contributed by atoms with Gasteiger partial charge in [0.25, 0.3) is 0 Å². The molecule has 0 radical (unpaired) electrons. The van der Waals surface area contributed by atoms with Gasteiger partial charge in [-0.2, -0.15) is 0 Å². The molecule has 29 heavy (non-hydrogen) atoms. The molecule has 1 aromatic carbocycles. The summed E-state index contributed by atoms with van der Waals surface area (Å²) < 4.78 is 5.48. The van der Waals surface area contributed by atoms with Crippen LogP contribution >= 0.6 is 23.2 Å². The zero-order valence-corrected chi connectivity index (χ0v) is 18.9. The summed E-state index contributed by atoms with van der Waals surface area (Å²) in [6.07, 6.45) is 2.51. The average Bonchev–Trinajstić information content (AvgIpc) is 2.69. The minimum absolute atomic E-state index is 0.00163. The second-order valence-corrected chi connectivity index (χ2v) is 8.51. The van der Waals surface area contributed by atoms with Crippen LogP contribution in [0.5, 0.6) is 0 Å². The van der Waals surface area contributed by atoms with Crippen molar-refractivity contribution in [1.29, 1.82) is 0 Å². The van der Waals surface area contributed by atoms with E-state index in [2.05, 4.69) is 15.5 Å². The van der Waals surface area contributed by atoms with Crippen molar-refractivity contribution in [2.45, 2.75) is 52.2 Å². The molecule has 1 heterocycles. The third-order valence-electron chi connectivity index (χ3n) is 5.09. The maximum Gasteiger partial charge on any atom is 0.241 e. The number of halogens is 2. The summed E-state index contributed by atoms with van der Waals surface area (Å²) in [5.74, 6) is -0.0280. The zero-order chi connectivity index (χ0) is 21.4. The minimum Gasteiger partial charge on any atom is -0.379 e. The minimum atomic E-state index is -0.307. The van der Waals surface area contributed by atoms with Crippen LogP contribution < -0.4 is 10.6 Å². The molecule has 0 saturated carbocycles. The molecule has 2 amide bonds. The maximum atomic E-state index is 12.6. The van der Waals surface area contributed by atoms with Crippen LogP contribution in [0.25, 0.3) is 0 Å². The van der Waals surface area contributed by atoms with E-state index in [0.717, 1.165) is 19.3 Å².